The summed E-state index contributed by atoms with van der Waals surface area (Å²) >= 11 is 0. The van der Waals surface area contributed by atoms with Crippen LogP contribution >= 0.6 is 0 Å². The normalized spacial score (nSPS) is 23.7. The van der Waals surface area contributed by atoms with Crippen LogP contribution in [0.5, 0.6) is 11.5 Å². The maximum atomic E-state index is 14.7. The zero-order valence-corrected chi connectivity index (χ0v) is 23.6. The van der Waals surface area contributed by atoms with Gasteiger partial charge in [0.1, 0.15) is 0 Å². The molecule has 0 spiro atoms. The molecule has 2 aliphatic rings. The van der Waals surface area contributed by atoms with Crippen LogP contribution in [0.3, 0.4) is 0 Å². The van der Waals surface area contributed by atoms with Gasteiger partial charge in [-0.3, -0.25) is 9.59 Å². The number of halogens is 2. The van der Waals surface area contributed by atoms with Crippen LogP contribution in [0.25, 0.3) is 0 Å². The third kappa shape index (κ3) is 9.34. The number of hydrogen-bond donors (Lipinski definition) is 0. The number of ether oxygens (including phenoxy) is 2. The van der Waals surface area contributed by atoms with Gasteiger partial charge in [-0.25, -0.2) is 0 Å². The minimum atomic E-state index is -1.29. The maximum Gasteiger partial charge on any atom is 0.314 e. The third-order valence-corrected chi connectivity index (χ3v) is 8.72. The minimum absolute atomic E-state index is 0.288. The van der Waals surface area contributed by atoms with Crippen LogP contribution in [0, 0.1) is 35.3 Å². The van der Waals surface area contributed by atoms with Gasteiger partial charge in [-0.05, 0) is 75.3 Å². The Labute approximate surface area is 228 Å². The summed E-state index contributed by atoms with van der Waals surface area (Å²) in [5.41, 5.74) is 0. The highest BCUT2D eigenvalue weighted by atomic mass is 19.2. The number of rotatable bonds is 14. The van der Waals surface area contributed by atoms with Crippen LogP contribution in [-0.2, 0) is 9.59 Å². The van der Waals surface area contributed by atoms with Crippen molar-refractivity contribution in [3.63, 3.8) is 0 Å². The molecule has 2 fully saturated rings. The summed E-state index contributed by atoms with van der Waals surface area (Å²) in [5.74, 6) is -3.79. The summed E-state index contributed by atoms with van der Waals surface area (Å²) in [6.07, 6.45) is 19.1. The van der Waals surface area contributed by atoms with E-state index in [-0.39, 0.29) is 11.8 Å². The largest absolute Gasteiger partial charge is 0.423 e. The molecule has 1 aromatic rings. The van der Waals surface area contributed by atoms with Gasteiger partial charge in [0.2, 0.25) is 11.6 Å². The predicted molar refractivity (Wildman–Crippen MR) is 146 cm³/mol. The van der Waals surface area contributed by atoms with Crippen LogP contribution < -0.4 is 9.47 Å². The Morgan fingerprint density at radius 2 is 1.00 bits per heavy atom. The van der Waals surface area contributed by atoms with Crippen molar-refractivity contribution >= 4 is 11.9 Å². The number of hydrogen-bond acceptors (Lipinski definition) is 4. The molecule has 2 aliphatic carbocycles. The lowest BCUT2D eigenvalue weighted by molar-refractivity contribution is -0.141. The SMILES string of the molecule is CCCCCCC1CCC(C(=O)Oc2ccc(OC(=O)C3CCC(CCCCCC)CC3)c(F)c2F)CC1. The molecule has 0 unspecified atom stereocenters. The quantitative estimate of drug-likeness (QED) is 0.136. The molecule has 0 radical (unpaired) electrons. The molecule has 0 N–H and O–H groups in total. The first kappa shape index (κ1) is 30.6. The van der Waals surface area contributed by atoms with Gasteiger partial charge in [0.25, 0.3) is 0 Å². The highest BCUT2D eigenvalue weighted by Gasteiger charge is 2.31. The summed E-state index contributed by atoms with van der Waals surface area (Å²) in [5, 5.41) is 0. The molecule has 3 rings (SSSR count). The first-order valence-electron chi connectivity index (χ1n) is 15.3. The number of carbonyl (C=O) groups excluding carboxylic acids is 2. The summed E-state index contributed by atoms with van der Waals surface area (Å²) in [7, 11) is 0. The van der Waals surface area contributed by atoms with Gasteiger partial charge < -0.3 is 9.47 Å². The molecule has 38 heavy (non-hydrogen) atoms. The Kier molecular flexibility index (Phi) is 13.0. The van der Waals surface area contributed by atoms with Crippen LogP contribution in [0.1, 0.15) is 129 Å². The number of unbranched alkanes of at least 4 members (excludes halogenated alkanes) is 6. The van der Waals surface area contributed by atoms with E-state index in [1.165, 1.54) is 76.3 Å². The smallest absolute Gasteiger partial charge is 0.314 e. The van der Waals surface area contributed by atoms with Crippen molar-refractivity contribution in [1.29, 1.82) is 0 Å². The third-order valence-electron chi connectivity index (χ3n) is 8.72. The molecular weight excluding hydrogens is 486 g/mol. The van der Waals surface area contributed by atoms with Gasteiger partial charge >= 0.3 is 11.9 Å². The van der Waals surface area contributed by atoms with E-state index in [4.69, 9.17) is 9.47 Å². The molecule has 0 aliphatic heterocycles. The predicted octanol–water partition coefficient (Wildman–Crippen LogP) is 9.33. The highest BCUT2D eigenvalue weighted by Crippen LogP contribution is 2.36. The van der Waals surface area contributed by atoms with E-state index < -0.39 is 35.1 Å². The molecule has 4 nitrogen and oxygen atoms in total. The maximum absolute atomic E-state index is 14.7. The van der Waals surface area contributed by atoms with Crippen molar-refractivity contribution in [2.75, 3.05) is 0 Å². The lowest BCUT2D eigenvalue weighted by Gasteiger charge is -2.27. The van der Waals surface area contributed by atoms with E-state index in [0.717, 1.165) is 51.4 Å². The van der Waals surface area contributed by atoms with Gasteiger partial charge in [0, 0.05) is 0 Å². The van der Waals surface area contributed by atoms with E-state index >= 15 is 0 Å². The van der Waals surface area contributed by atoms with Gasteiger partial charge in [0.15, 0.2) is 11.5 Å². The molecule has 214 valence electrons. The average Bonchev–Trinajstić information content (AvgIpc) is 2.94. The Hall–Kier alpha value is -1.98. The van der Waals surface area contributed by atoms with Crippen molar-refractivity contribution in [2.24, 2.45) is 23.7 Å². The monoisotopic (exact) mass is 534 g/mol. The Bertz CT molecular complexity index is 799. The molecular formula is C32H48F2O4. The van der Waals surface area contributed by atoms with Crippen LogP contribution in [0.2, 0.25) is 0 Å². The van der Waals surface area contributed by atoms with Crippen molar-refractivity contribution in [1.82, 2.24) is 0 Å². The van der Waals surface area contributed by atoms with E-state index in [1.54, 1.807) is 0 Å². The minimum Gasteiger partial charge on any atom is -0.423 e. The second-order valence-electron chi connectivity index (χ2n) is 11.7. The van der Waals surface area contributed by atoms with Gasteiger partial charge in [-0.2, -0.15) is 8.78 Å². The molecule has 0 bridgehead atoms. The second kappa shape index (κ2) is 16.2. The van der Waals surface area contributed by atoms with E-state index in [1.807, 2.05) is 0 Å². The molecule has 0 amide bonds. The molecule has 0 aromatic heterocycles. The molecule has 6 heteroatoms. The lowest BCUT2D eigenvalue weighted by atomic mass is 9.80. The standard InChI is InChI=1S/C32H48F2O4/c1-3-5-7-9-11-23-13-17-25(18-14-23)31(35)37-27-21-22-28(30(34)29(27)33)38-32(36)26-19-15-24(16-20-26)12-10-8-6-4-2/h21-26H,3-20H2,1-2H3. The zero-order chi connectivity index (χ0) is 27.3. The summed E-state index contributed by atoms with van der Waals surface area (Å²) in [6, 6.07) is 2.37. The second-order valence-corrected chi connectivity index (χ2v) is 11.7. The fraction of sp³-hybridized carbons (Fsp3) is 0.750. The Morgan fingerprint density at radius 3 is 1.34 bits per heavy atom. The van der Waals surface area contributed by atoms with Crippen LogP contribution in [-0.4, -0.2) is 11.9 Å². The van der Waals surface area contributed by atoms with Gasteiger partial charge in [0.05, 0.1) is 11.8 Å². The topological polar surface area (TPSA) is 52.6 Å². The van der Waals surface area contributed by atoms with E-state index in [9.17, 15) is 18.4 Å². The summed E-state index contributed by atoms with van der Waals surface area (Å²) < 4.78 is 40.0. The van der Waals surface area contributed by atoms with Crippen molar-refractivity contribution in [3.8, 4) is 11.5 Å². The fourth-order valence-electron chi connectivity index (χ4n) is 6.15. The van der Waals surface area contributed by atoms with Crippen LogP contribution in [0.4, 0.5) is 8.78 Å². The van der Waals surface area contributed by atoms with Crippen molar-refractivity contribution in [3.05, 3.63) is 23.8 Å². The van der Waals surface area contributed by atoms with Gasteiger partial charge in [-0.15, -0.1) is 0 Å². The van der Waals surface area contributed by atoms with E-state index in [0.29, 0.717) is 11.8 Å². The fourth-order valence-corrected chi connectivity index (χ4v) is 6.15. The van der Waals surface area contributed by atoms with Crippen LogP contribution in [0.15, 0.2) is 12.1 Å². The van der Waals surface area contributed by atoms with Crippen molar-refractivity contribution in [2.45, 2.75) is 129 Å². The zero-order valence-electron chi connectivity index (χ0n) is 23.6. The molecule has 0 atom stereocenters. The Balaban J connectivity index is 1.43. The molecule has 0 saturated heterocycles. The highest BCUT2D eigenvalue weighted by molar-refractivity contribution is 5.76. The number of carbonyl (C=O) groups is 2. The molecule has 1 aromatic carbocycles. The summed E-state index contributed by atoms with van der Waals surface area (Å²) in [6.45, 7) is 4.40. The van der Waals surface area contributed by atoms with E-state index in [2.05, 4.69) is 13.8 Å². The average molecular weight is 535 g/mol. The van der Waals surface area contributed by atoms with Crippen molar-refractivity contribution < 1.29 is 27.8 Å². The summed E-state index contributed by atoms with van der Waals surface area (Å²) in [4.78, 5) is 25.3. The first-order chi connectivity index (χ1) is 18.4. The lowest BCUT2D eigenvalue weighted by Crippen LogP contribution is -2.27. The van der Waals surface area contributed by atoms with Gasteiger partial charge in [-0.1, -0.05) is 78.1 Å². The molecule has 2 saturated carbocycles. The molecule has 0 heterocycles. The number of esters is 2. The number of benzene rings is 1. The first-order valence-corrected chi connectivity index (χ1v) is 15.3. The Morgan fingerprint density at radius 1 is 0.632 bits per heavy atom.